The number of rotatable bonds is 4. The van der Waals surface area contributed by atoms with E-state index in [0.29, 0.717) is 0 Å². The second-order valence-electron chi connectivity index (χ2n) is 7.69. The average Bonchev–Trinajstić information content (AvgIpc) is 2.64. The predicted octanol–water partition coefficient (Wildman–Crippen LogP) is 2.22. The first-order chi connectivity index (χ1) is 13.7. The van der Waals surface area contributed by atoms with Crippen molar-refractivity contribution < 1.29 is 35.9 Å². The maximum atomic E-state index is 12.8. The lowest BCUT2D eigenvalue weighted by Gasteiger charge is -2.35. The van der Waals surface area contributed by atoms with Crippen molar-refractivity contribution in [3.05, 3.63) is 29.8 Å². The van der Waals surface area contributed by atoms with Crippen molar-refractivity contribution in [3.8, 4) is 0 Å². The Morgan fingerprint density at radius 2 is 1.57 bits per heavy atom. The first-order valence-corrected chi connectivity index (χ1v) is 10.6. The van der Waals surface area contributed by atoms with E-state index in [1.165, 1.54) is 9.21 Å². The van der Waals surface area contributed by atoms with Crippen LogP contribution in [0.4, 0.5) is 18.0 Å². The van der Waals surface area contributed by atoms with E-state index in [9.17, 15) is 31.2 Å². The van der Waals surface area contributed by atoms with Gasteiger partial charge in [0.25, 0.3) is 5.91 Å². The Balaban J connectivity index is 1.99. The van der Waals surface area contributed by atoms with Gasteiger partial charge in [0.05, 0.1) is 4.90 Å². The molecule has 12 heteroatoms. The molecule has 1 N–H and O–H groups in total. The van der Waals surface area contributed by atoms with Gasteiger partial charge in [-0.2, -0.15) is 17.5 Å². The number of alkyl halides is 3. The molecule has 0 unspecified atom stereocenters. The molecule has 0 saturated carbocycles. The summed E-state index contributed by atoms with van der Waals surface area (Å²) in [7, 11) is -3.88. The fourth-order valence-corrected chi connectivity index (χ4v) is 4.07. The molecule has 1 aromatic rings. The zero-order valence-electron chi connectivity index (χ0n) is 16.8. The number of piperazine rings is 1. The molecule has 1 saturated heterocycles. The normalized spacial score (nSPS) is 16.3. The van der Waals surface area contributed by atoms with Crippen molar-refractivity contribution in [2.45, 2.75) is 37.4 Å². The van der Waals surface area contributed by atoms with Gasteiger partial charge in [0.2, 0.25) is 10.0 Å². The van der Waals surface area contributed by atoms with Crippen LogP contribution in [0.5, 0.6) is 0 Å². The van der Waals surface area contributed by atoms with Crippen LogP contribution < -0.4 is 5.32 Å². The molecule has 30 heavy (non-hydrogen) atoms. The van der Waals surface area contributed by atoms with Gasteiger partial charge < -0.3 is 15.0 Å². The third-order valence-corrected chi connectivity index (χ3v) is 6.01. The lowest BCUT2D eigenvalue weighted by atomic mass is 10.2. The van der Waals surface area contributed by atoms with Crippen molar-refractivity contribution in [1.82, 2.24) is 14.5 Å². The molecule has 1 aliphatic rings. The summed E-state index contributed by atoms with van der Waals surface area (Å²) in [5.41, 5.74) is -0.748. The van der Waals surface area contributed by atoms with Gasteiger partial charge in [-0.3, -0.25) is 4.79 Å². The molecule has 2 rings (SSSR count). The third-order valence-electron chi connectivity index (χ3n) is 4.09. The lowest BCUT2D eigenvalue weighted by molar-refractivity contribution is -0.123. The second kappa shape index (κ2) is 8.80. The summed E-state index contributed by atoms with van der Waals surface area (Å²) in [6.45, 7) is 4.17. The number of halogens is 3. The topological polar surface area (TPSA) is 96.0 Å². The Labute approximate surface area is 173 Å². The summed E-state index contributed by atoms with van der Waals surface area (Å²) < 4.78 is 68.6. The quantitative estimate of drug-likeness (QED) is 0.757. The van der Waals surface area contributed by atoms with Crippen molar-refractivity contribution >= 4 is 22.0 Å². The van der Waals surface area contributed by atoms with Crippen LogP contribution in [0.2, 0.25) is 0 Å². The zero-order chi connectivity index (χ0) is 22.7. The first kappa shape index (κ1) is 23.9. The summed E-state index contributed by atoms with van der Waals surface area (Å²) in [6.07, 6.45) is -5.06. The smallest absolute Gasteiger partial charge is 0.410 e. The zero-order valence-corrected chi connectivity index (χ0v) is 17.6. The largest absolute Gasteiger partial charge is 0.444 e. The summed E-state index contributed by atoms with van der Waals surface area (Å²) in [5, 5.41) is 1.72. The maximum absolute atomic E-state index is 12.8. The molecule has 0 bridgehead atoms. The fraction of sp³-hybridized carbons (Fsp3) is 0.556. The van der Waals surface area contributed by atoms with E-state index in [1.54, 1.807) is 26.1 Å². The minimum absolute atomic E-state index is 0.0649. The molecule has 168 valence electrons. The number of carbonyl (C=O) groups is 2. The van der Waals surface area contributed by atoms with Crippen LogP contribution >= 0.6 is 0 Å². The number of benzene rings is 1. The van der Waals surface area contributed by atoms with Gasteiger partial charge in [0.1, 0.15) is 12.1 Å². The van der Waals surface area contributed by atoms with Crippen molar-refractivity contribution in [2.75, 3.05) is 32.7 Å². The molecule has 0 spiro atoms. The molecule has 8 nitrogen and oxygen atoms in total. The number of ether oxygens (including phenoxy) is 1. The number of sulfonamides is 1. The number of amides is 2. The fourth-order valence-electron chi connectivity index (χ4n) is 2.65. The lowest BCUT2D eigenvalue weighted by Crippen LogP contribution is -2.51. The Morgan fingerprint density at radius 3 is 2.03 bits per heavy atom. The standard InChI is InChI=1S/C18H24F3N3O5S/c1-17(2,3)29-16(26)23-8-10-24(11-9-23)30(27,28)14-6-4-13(5-7-14)15(25)22-12-18(19,20)21/h4-7H,8-12H2,1-3H3,(H,22,25). The van der Waals surface area contributed by atoms with Crippen LogP contribution in [0.1, 0.15) is 31.1 Å². The van der Waals surface area contributed by atoms with Crippen LogP contribution in [0.3, 0.4) is 0 Å². The van der Waals surface area contributed by atoms with Gasteiger partial charge in [-0.15, -0.1) is 0 Å². The van der Waals surface area contributed by atoms with Crippen LogP contribution in [-0.4, -0.2) is 74.1 Å². The Morgan fingerprint density at radius 1 is 1.03 bits per heavy atom. The van der Waals surface area contributed by atoms with Gasteiger partial charge in [0.15, 0.2) is 0 Å². The molecule has 1 fully saturated rings. The van der Waals surface area contributed by atoms with Gasteiger partial charge in [-0.05, 0) is 45.0 Å². The van der Waals surface area contributed by atoms with Crippen LogP contribution in [0.15, 0.2) is 29.2 Å². The van der Waals surface area contributed by atoms with E-state index in [4.69, 9.17) is 4.74 Å². The van der Waals surface area contributed by atoms with E-state index in [1.807, 2.05) is 0 Å². The maximum Gasteiger partial charge on any atom is 0.410 e. The number of nitrogens with one attached hydrogen (secondary N) is 1. The molecule has 0 atom stereocenters. The highest BCUT2D eigenvalue weighted by molar-refractivity contribution is 7.89. The van der Waals surface area contributed by atoms with E-state index < -0.39 is 40.3 Å². The summed E-state index contributed by atoms with van der Waals surface area (Å²) in [6, 6.07) is 4.63. The summed E-state index contributed by atoms with van der Waals surface area (Å²) in [4.78, 5) is 25.1. The van der Waals surface area contributed by atoms with E-state index >= 15 is 0 Å². The SMILES string of the molecule is CC(C)(C)OC(=O)N1CCN(S(=O)(=O)c2ccc(C(=O)NCC(F)(F)F)cc2)CC1. The van der Waals surface area contributed by atoms with E-state index in [-0.39, 0.29) is 36.6 Å². The molecule has 1 aromatic carbocycles. The summed E-state index contributed by atoms with van der Waals surface area (Å²) >= 11 is 0. The molecule has 1 aliphatic heterocycles. The molecular formula is C18H24F3N3O5S. The van der Waals surface area contributed by atoms with Gasteiger partial charge >= 0.3 is 12.3 Å². The number of hydrogen-bond donors (Lipinski definition) is 1. The number of hydrogen-bond acceptors (Lipinski definition) is 5. The predicted molar refractivity (Wildman–Crippen MR) is 101 cm³/mol. The van der Waals surface area contributed by atoms with E-state index in [2.05, 4.69) is 0 Å². The van der Waals surface area contributed by atoms with Crippen molar-refractivity contribution in [2.24, 2.45) is 0 Å². The molecule has 1 heterocycles. The minimum atomic E-state index is -4.54. The number of nitrogens with zero attached hydrogens (tertiary/aromatic N) is 2. The van der Waals surface area contributed by atoms with Gasteiger partial charge in [-0.1, -0.05) is 0 Å². The first-order valence-electron chi connectivity index (χ1n) is 9.12. The minimum Gasteiger partial charge on any atom is -0.444 e. The number of carbonyl (C=O) groups excluding carboxylic acids is 2. The van der Waals surface area contributed by atoms with E-state index in [0.717, 1.165) is 24.3 Å². The molecule has 0 radical (unpaired) electrons. The Hall–Kier alpha value is -2.34. The molecule has 0 aliphatic carbocycles. The van der Waals surface area contributed by atoms with Crippen LogP contribution in [0.25, 0.3) is 0 Å². The highest BCUT2D eigenvalue weighted by atomic mass is 32.2. The Bertz CT molecular complexity index is 872. The van der Waals surface area contributed by atoms with Crippen LogP contribution in [0, 0.1) is 0 Å². The van der Waals surface area contributed by atoms with Gasteiger partial charge in [0, 0.05) is 31.7 Å². The monoisotopic (exact) mass is 451 g/mol. The highest BCUT2D eigenvalue weighted by Gasteiger charge is 2.32. The molecule has 0 aromatic heterocycles. The Kier molecular flexibility index (Phi) is 7.02. The van der Waals surface area contributed by atoms with Crippen LogP contribution in [-0.2, 0) is 14.8 Å². The third kappa shape index (κ3) is 6.59. The molecular weight excluding hydrogens is 427 g/mol. The second-order valence-corrected chi connectivity index (χ2v) is 9.63. The average molecular weight is 451 g/mol. The molecule has 2 amide bonds. The highest BCUT2D eigenvalue weighted by Crippen LogP contribution is 2.20. The van der Waals surface area contributed by atoms with Gasteiger partial charge in [-0.25, -0.2) is 13.2 Å². The van der Waals surface area contributed by atoms with Crippen molar-refractivity contribution in [1.29, 1.82) is 0 Å². The summed E-state index contributed by atoms with van der Waals surface area (Å²) in [5.74, 6) is -0.956. The van der Waals surface area contributed by atoms with Crippen molar-refractivity contribution in [3.63, 3.8) is 0 Å².